The molecule has 18 heavy (non-hydrogen) atoms. The molecular weight excluding hydrogens is 224 g/mol. The van der Waals surface area contributed by atoms with Crippen molar-refractivity contribution < 1.29 is 4.74 Å². The molecule has 0 amide bonds. The zero-order chi connectivity index (χ0) is 12.1. The molecule has 94 valence electrons. The molecule has 0 fully saturated rings. The van der Waals surface area contributed by atoms with Crippen molar-refractivity contribution in [1.82, 2.24) is 9.88 Å². The van der Waals surface area contributed by atoms with Crippen LogP contribution in [0.2, 0.25) is 0 Å². The van der Waals surface area contributed by atoms with Gasteiger partial charge >= 0.3 is 0 Å². The summed E-state index contributed by atoms with van der Waals surface area (Å²) in [4.78, 5) is 0. The molecule has 0 radical (unpaired) electrons. The highest BCUT2D eigenvalue weighted by Gasteiger charge is 2.23. The van der Waals surface area contributed by atoms with E-state index in [1.165, 1.54) is 22.2 Å². The Morgan fingerprint density at radius 3 is 3.06 bits per heavy atom. The molecule has 3 nitrogen and oxygen atoms in total. The smallest absolute Gasteiger partial charge is 0.143 e. The largest absolute Gasteiger partial charge is 0.490 e. The average Bonchev–Trinajstić information content (AvgIpc) is 2.55. The van der Waals surface area contributed by atoms with E-state index in [0.29, 0.717) is 0 Å². The number of ether oxygens (including phenoxy) is 1. The minimum Gasteiger partial charge on any atom is -0.490 e. The lowest BCUT2D eigenvalue weighted by Gasteiger charge is -2.19. The van der Waals surface area contributed by atoms with Crippen LogP contribution in [-0.2, 0) is 19.4 Å². The number of benzene rings is 1. The van der Waals surface area contributed by atoms with Gasteiger partial charge in [-0.1, -0.05) is 0 Å². The van der Waals surface area contributed by atoms with Gasteiger partial charge in [0.15, 0.2) is 0 Å². The Labute approximate surface area is 107 Å². The molecule has 0 bridgehead atoms. The Morgan fingerprint density at radius 2 is 2.11 bits per heavy atom. The maximum atomic E-state index is 5.85. The first-order chi connectivity index (χ1) is 8.84. The quantitative estimate of drug-likeness (QED) is 0.765. The monoisotopic (exact) mass is 242 g/mol. The lowest BCUT2D eigenvalue weighted by molar-refractivity contribution is 0.285. The van der Waals surface area contributed by atoms with Crippen LogP contribution >= 0.6 is 0 Å². The van der Waals surface area contributed by atoms with Crippen LogP contribution in [0.1, 0.15) is 16.8 Å². The van der Waals surface area contributed by atoms with Crippen LogP contribution in [-0.4, -0.2) is 24.3 Å². The third-order valence-electron chi connectivity index (χ3n) is 4.15. The summed E-state index contributed by atoms with van der Waals surface area (Å²) in [6, 6.07) is 4.50. The number of aryl methyl sites for hydroxylation is 1. The van der Waals surface area contributed by atoms with E-state index in [1.807, 2.05) is 0 Å². The molecule has 2 aliphatic rings. The Morgan fingerprint density at radius 1 is 1.22 bits per heavy atom. The summed E-state index contributed by atoms with van der Waals surface area (Å²) in [5, 5.41) is 4.92. The third-order valence-corrected chi connectivity index (χ3v) is 4.15. The fourth-order valence-corrected chi connectivity index (χ4v) is 3.42. The lowest BCUT2D eigenvalue weighted by atomic mass is 10.0. The molecule has 0 spiro atoms. The summed E-state index contributed by atoms with van der Waals surface area (Å²) in [6.07, 6.45) is 2.28. The lowest BCUT2D eigenvalue weighted by Crippen LogP contribution is -2.19. The second kappa shape index (κ2) is 3.75. The van der Waals surface area contributed by atoms with Gasteiger partial charge in [0.2, 0.25) is 0 Å². The molecule has 0 saturated heterocycles. The molecular formula is C15H18N2O. The van der Waals surface area contributed by atoms with Crippen LogP contribution in [0.5, 0.6) is 5.75 Å². The number of rotatable bonds is 0. The SMILES string of the molecule is Cc1cc2c3c(c1)c1c(n3CCO2)CCNCC1. The molecule has 0 atom stereocenters. The van der Waals surface area contributed by atoms with E-state index in [1.54, 1.807) is 5.56 Å². The number of nitrogens with zero attached hydrogens (tertiary/aromatic N) is 1. The van der Waals surface area contributed by atoms with E-state index >= 15 is 0 Å². The van der Waals surface area contributed by atoms with Crippen molar-refractivity contribution in [2.24, 2.45) is 0 Å². The van der Waals surface area contributed by atoms with Crippen LogP contribution in [0.3, 0.4) is 0 Å². The van der Waals surface area contributed by atoms with E-state index in [0.717, 1.165) is 44.8 Å². The van der Waals surface area contributed by atoms with E-state index in [-0.39, 0.29) is 0 Å². The Bertz CT molecular complexity index is 627. The summed E-state index contributed by atoms with van der Waals surface area (Å²) in [6.45, 7) is 6.16. The van der Waals surface area contributed by atoms with Gasteiger partial charge in [0, 0.05) is 24.0 Å². The Hall–Kier alpha value is -1.48. The van der Waals surface area contributed by atoms with Gasteiger partial charge in [-0.05, 0) is 43.1 Å². The van der Waals surface area contributed by atoms with E-state index in [4.69, 9.17) is 4.74 Å². The molecule has 2 aromatic rings. The molecule has 2 aliphatic heterocycles. The second-order valence-electron chi connectivity index (χ2n) is 5.33. The predicted octanol–water partition coefficient (Wildman–Crippen LogP) is 2.03. The predicted molar refractivity (Wildman–Crippen MR) is 72.4 cm³/mol. The van der Waals surface area contributed by atoms with Crippen LogP contribution in [0, 0.1) is 6.92 Å². The normalized spacial score (nSPS) is 18.3. The van der Waals surface area contributed by atoms with Crippen LogP contribution in [0.25, 0.3) is 10.9 Å². The van der Waals surface area contributed by atoms with Gasteiger partial charge in [0.05, 0.1) is 12.1 Å². The van der Waals surface area contributed by atoms with Crippen LogP contribution in [0.15, 0.2) is 12.1 Å². The molecule has 0 unspecified atom stereocenters. The molecule has 4 rings (SSSR count). The van der Waals surface area contributed by atoms with Gasteiger partial charge in [0.1, 0.15) is 12.4 Å². The van der Waals surface area contributed by atoms with Crippen LogP contribution < -0.4 is 10.1 Å². The second-order valence-corrected chi connectivity index (χ2v) is 5.33. The summed E-state index contributed by atoms with van der Waals surface area (Å²) in [5.74, 6) is 1.08. The van der Waals surface area contributed by atoms with Gasteiger partial charge < -0.3 is 14.6 Å². The molecule has 0 saturated carbocycles. The maximum Gasteiger partial charge on any atom is 0.143 e. The van der Waals surface area contributed by atoms with Gasteiger partial charge in [-0.15, -0.1) is 0 Å². The van der Waals surface area contributed by atoms with Crippen molar-refractivity contribution >= 4 is 10.9 Å². The highest BCUT2D eigenvalue weighted by atomic mass is 16.5. The number of hydrogen-bond acceptors (Lipinski definition) is 2. The first-order valence-electron chi connectivity index (χ1n) is 6.83. The minimum atomic E-state index is 0.806. The molecule has 1 aromatic carbocycles. The van der Waals surface area contributed by atoms with Gasteiger partial charge in [-0.2, -0.15) is 0 Å². The standard InChI is InChI=1S/C15H18N2O/c1-10-8-12-11-2-4-16-5-3-13(11)17-6-7-18-14(9-10)15(12)17/h8-9,16H,2-7H2,1H3. The molecule has 3 heteroatoms. The topological polar surface area (TPSA) is 26.2 Å². The zero-order valence-corrected chi connectivity index (χ0v) is 10.8. The van der Waals surface area contributed by atoms with Gasteiger partial charge in [0.25, 0.3) is 0 Å². The summed E-state index contributed by atoms with van der Waals surface area (Å²) in [7, 11) is 0. The fraction of sp³-hybridized carbons (Fsp3) is 0.467. The fourth-order valence-electron chi connectivity index (χ4n) is 3.42. The third kappa shape index (κ3) is 1.34. The van der Waals surface area contributed by atoms with Crippen molar-refractivity contribution in [3.63, 3.8) is 0 Å². The average molecular weight is 242 g/mol. The highest BCUT2D eigenvalue weighted by molar-refractivity contribution is 5.91. The number of nitrogens with one attached hydrogen (secondary N) is 1. The van der Waals surface area contributed by atoms with Gasteiger partial charge in [-0.25, -0.2) is 0 Å². The Balaban J connectivity index is 2.10. The van der Waals surface area contributed by atoms with Crippen LogP contribution in [0.4, 0.5) is 0 Å². The van der Waals surface area contributed by atoms with Crippen molar-refractivity contribution in [3.05, 3.63) is 29.0 Å². The number of hydrogen-bond donors (Lipinski definition) is 1. The zero-order valence-electron chi connectivity index (χ0n) is 10.8. The van der Waals surface area contributed by atoms with Crippen molar-refractivity contribution in [2.45, 2.75) is 26.3 Å². The van der Waals surface area contributed by atoms with Crippen molar-refractivity contribution in [2.75, 3.05) is 19.7 Å². The van der Waals surface area contributed by atoms with Gasteiger partial charge in [-0.3, -0.25) is 0 Å². The summed E-state index contributed by atoms with van der Waals surface area (Å²) >= 11 is 0. The maximum absolute atomic E-state index is 5.85. The first kappa shape index (κ1) is 10.4. The van der Waals surface area contributed by atoms with Crippen molar-refractivity contribution in [3.8, 4) is 5.75 Å². The van der Waals surface area contributed by atoms with Crippen molar-refractivity contribution in [1.29, 1.82) is 0 Å². The molecule has 1 aromatic heterocycles. The van der Waals surface area contributed by atoms with E-state index < -0.39 is 0 Å². The molecule has 1 N–H and O–H groups in total. The van der Waals surface area contributed by atoms with E-state index in [2.05, 4.69) is 28.9 Å². The number of fused-ring (bicyclic) bond motifs is 3. The Kier molecular flexibility index (Phi) is 2.18. The number of aromatic nitrogens is 1. The van der Waals surface area contributed by atoms with E-state index in [9.17, 15) is 0 Å². The summed E-state index contributed by atoms with van der Waals surface area (Å²) in [5.41, 5.74) is 5.71. The minimum absolute atomic E-state index is 0.806. The molecule has 0 aliphatic carbocycles. The highest BCUT2D eigenvalue weighted by Crippen LogP contribution is 2.37. The molecule has 3 heterocycles. The first-order valence-corrected chi connectivity index (χ1v) is 6.83. The summed E-state index contributed by atoms with van der Waals surface area (Å²) < 4.78 is 8.34.